The van der Waals surface area contributed by atoms with Gasteiger partial charge < -0.3 is 9.88 Å². The number of benzene rings is 2. The van der Waals surface area contributed by atoms with Gasteiger partial charge in [0.15, 0.2) is 0 Å². The molecule has 1 N–H and O–H groups in total. The van der Waals surface area contributed by atoms with Gasteiger partial charge >= 0.3 is 0 Å². The van der Waals surface area contributed by atoms with Crippen molar-refractivity contribution in [2.24, 2.45) is 0 Å². The topological polar surface area (TPSA) is 66.1 Å². The summed E-state index contributed by atoms with van der Waals surface area (Å²) in [5.41, 5.74) is 0.450. The molecule has 1 aromatic heterocycles. The Balaban J connectivity index is 1.66. The number of para-hydroxylation sites is 1. The molecule has 0 fully saturated rings. The molecule has 7 heteroatoms. The lowest BCUT2D eigenvalue weighted by Crippen LogP contribution is -2.37. The fourth-order valence-electron chi connectivity index (χ4n) is 2.86. The molecule has 0 spiro atoms. The molecule has 0 aliphatic heterocycles. The Bertz CT molecular complexity index is 1020. The highest BCUT2D eigenvalue weighted by Gasteiger charge is 2.18. The van der Waals surface area contributed by atoms with E-state index in [2.05, 4.69) is 9.97 Å². The lowest BCUT2D eigenvalue weighted by Gasteiger charge is -2.26. The second-order valence-electron chi connectivity index (χ2n) is 6.70. The van der Waals surface area contributed by atoms with Gasteiger partial charge in [-0.1, -0.05) is 23.7 Å². The van der Waals surface area contributed by atoms with E-state index in [0.717, 1.165) is 4.90 Å². The van der Waals surface area contributed by atoms with Crippen molar-refractivity contribution in [2.75, 3.05) is 5.75 Å². The van der Waals surface area contributed by atoms with Gasteiger partial charge in [0.05, 0.1) is 17.4 Å². The van der Waals surface area contributed by atoms with Crippen LogP contribution in [0.2, 0.25) is 5.02 Å². The fraction of sp³-hybridized carbons (Fsp3) is 0.286. The maximum atomic E-state index is 12.8. The highest BCUT2D eigenvalue weighted by molar-refractivity contribution is 7.99. The van der Waals surface area contributed by atoms with Gasteiger partial charge in [-0.15, -0.1) is 11.8 Å². The summed E-state index contributed by atoms with van der Waals surface area (Å²) in [5.74, 6) is 1.20. The molecule has 0 unspecified atom stereocenters. The van der Waals surface area contributed by atoms with Gasteiger partial charge in [0.2, 0.25) is 5.91 Å². The number of hydrogen-bond acceptors (Lipinski definition) is 4. The first kappa shape index (κ1) is 20.4. The molecule has 146 valence electrons. The molecule has 1 heterocycles. The average Bonchev–Trinajstić information content (AvgIpc) is 2.67. The molecule has 0 bridgehead atoms. The Kier molecular flexibility index (Phi) is 6.75. The Morgan fingerprint density at radius 1 is 1.18 bits per heavy atom. The molecule has 2 aromatic carbocycles. The monoisotopic (exact) mass is 415 g/mol. The van der Waals surface area contributed by atoms with Crippen LogP contribution in [0.4, 0.5) is 0 Å². The van der Waals surface area contributed by atoms with E-state index >= 15 is 0 Å². The summed E-state index contributed by atoms with van der Waals surface area (Å²) >= 11 is 7.51. The SMILES string of the molecule is CC(C)N(Cc1nc2ccccc2c(=O)[nH]1)C(=O)CCSc1ccc(Cl)cc1. The Morgan fingerprint density at radius 3 is 2.61 bits per heavy atom. The molecule has 5 nitrogen and oxygen atoms in total. The zero-order valence-corrected chi connectivity index (χ0v) is 17.4. The van der Waals surface area contributed by atoms with Crippen molar-refractivity contribution in [3.05, 3.63) is 69.7 Å². The zero-order valence-electron chi connectivity index (χ0n) is 15.8. The normalized spacial score (nSPS) is 11.1. The maximum Gasteiger partial charge on any atom is 0.258 e. The average molecular weight is 416 g/mol. The number of fused-ring (bicyclic) bond motifs is 1. The third-order valence-corrected chi connectivity index (χ3v) is 5.59. The number of nitrogens with zero attached hydrogens (tertiary/aromatic N) is 2. The molecule has 3 aromatic rings. The molecule has 0 aliphatic rings. The number of rotatable bonds is 7. The van der Waals surface area contributed by atoms with Crippen molar-refractivity contribution >= 4 is 40.2 Å². The largest absolute Gasteiger partial charge is 0.333 e. The molecular weight excluding hydrogens is 394 g/mol. The van der Waals surface area contributed by atoms with E-state index in [4.69, 9.17) is 11.6 Å². The van der Waals surface area contributed by atoms with Gasteiger partial charge in [-0.05, 0) is 50.2 Å². The minimum atomic E-state index is -0.185. The Hall–Kier alpha value is -2.31. The lowest BCUT2D eigenvalue weighted by atomic mass is 10.2. The van der Waals surface area contributed by atoms with Gasteiger partial charge in [0.1, 0.15) is 5.82 Å². The molecule has 0 saturated heterocycles. The van der Waals surface area contributed by atoms with E-state index in [0.29, 0.717) is 33.9 Å². The Morgan fingerprint density at radius 2 is 1.89 bits per heavy atom. The quantitative estimate of drug-likeness (QED) is 0.577. The van der Waals surface area contributed by atoms with Crippen LogP contribution in [0.5, 0.6) is 0 Å². The van der Waals surface area contributed by atoms with Crippen molar-refractivity contribution < 1.29 is 4.79 Å². The number of aromatic amines is 1. The zero-order chi connectivity index (χ0) is 20.1. The number of halogens is 1. The van der Waals surface area contributed by atoms with Crippen LogP contribution in [0, 0.1) is 0 Å². The minimum absolute atomic E-state index is 0.00445. The van der Waals surface area contributed by atoms with Gasteiger partial charge in [-0.3, -0.25) is 9.59 Å². The minimum Gasteiger partial charge on any atom is -0.333 e. The number of aromatic nitrogens is 2. The second-order valence-corrected chi connectivity index (χ2v) is 8.30. The van der Waals surface area contributed by atoms with E-state index in [1.54, 1.807) is 34.9 Å². The number of carbonyl (C=O) groups is 1. The molecule has 0 aliphatic carbocycles. The van der Waals surface area contributed by atoms with Crippen LogP contribution in [0.25, 0.3) is 10.9 Å². The van der Waals surface area contributed by atoms with E-state index in [1.807, 2.05) is 44.2 Å². The van der Waals surface area contributed by atoms with Gasteiger partial charge in [0.25, 0.3) is 5.56 Å². The van der Waals surface area contributed by atoms with E-state index in [1.165, 1.54) is 0 Å². The van der Waals surface area contributed by atoms with Crippen LogP contribution in [0.1, 0.15) is 26.1 Å². The summed E-state index contributed by atoms with van der Waals surface area (Å²) in [4.78, 5) is 35.1. The van der Waals surface area contributed by atoms with Crippen LogP contribution < -0.4 is 5.56 Å². The standard InChI is InChI=1S/C21H22ClN3O2S/c1-14(2)25(20(26)11-12-28-16-9-7-15(22)8-10-16)13-19-23-18-6-4-3-5-17(18)21(27)24-19/h3-10,14H,11-13H2,1-2H3,(H,23,24,27). The van der Waals surface area contributed by atoms with E-state index < -0.39 is 0 Å². The third kappa shape index (κ3) is 5.14. The number of nitrogens with one attached hydrogen (secondary N) is 1. The number of carbonyl (C=O) groups excluding carboxylic acids is 1. The molecule has 28 heavy (non-hydrogen) atoms. The first-order chi connectivity index (χ1) is 13.4. The number of thioether (sulfide) groups is 1. The highest BCUT2D eigenvalue weighted by Crippen LogP contribution is 2.21. The summed E-state index contributed by atoms with van der Waals surface area (Å²) in [6.07, 6.45) is 0.406. The smallest absolute Gasteiger partial charge is 0.258 e. The van der Waals surface area contributed by atoms with Crippen molar-refractivity contribution in [3.8, 4) is 0 Å². The molecule has 0 atom stereocenters. The van der Waals surface area contributed by atoms with E-state index in [-0.39, 0.29) is 24.1 Å². The van der Waals surface area contributed by atoms with Crippen LogP contribution in [0.15, 0.2) is 58.2 Å². The first-order valence-electron chi connectivity index (χ1n) is 9.10. The molecule has 3 rings (SSSR count). The number of hydrogen-bond donors (Lipinski definition) is 1. The number of H-pyrrole nitrogens is 1. The van der Waals surface area contributed by atoms with Crippen LogP contribution in [0.3, 0.4) is 0 Å². The van der Waals surface area contributed by atoms with E-state index in [9.17, 15) is 9.59 Å². The molecule has 1 amide bonds. The first-order valence-corrected chi connectivity index (χ1v) is 10.5. The maximum absolute atomic E-state index is 12.8. The third-order valence-electron chi connectivity index (χ3n) is 4.32. The van der Waals surface area contributed by atoms with Crippen LogP contribution >= 0.6 is 23.4 Å². The van der Waals surface area contributed by atoms with Crippen molar-refractivity contribution in [1.29, 1.82) is 0 Å². The second kappa shape index (κ2) is 9.26. The van der Waals surface area contributed by atoms with Crippen molar-refractivity contribution in [3.63, 3.8) is 0 Å². The summed E-state index contributed by atoms with van der Waals surface area (Å²) < 4.78 is 0. The van der Waals surface area contributed by atoms with Gasteiger partial charge in [0, 0.05) is 28.1 Å². The summed E-state index contributed by atoms with van der Waals surface area (Å²) in [7, 11) is 0. The highest BCUT2D eigenvalue weighted by atomic mass is 35.5. The Labute approximate surface area is 173 Å². The van der Waals surface area contributed by atoms with Crippen molar-refractivity contribution in [2.45, 2.75) is 37.8 Å². The van der Waals surface area contributed by atoms with Crippen LogP contribution in [-0.4, -0.2) is 32.6 Å². The summed E-state index contributed by atoms with van der Waals surface area (Å²) in [6.45, 7) is 4.20. The summed E-state index contributed by atoms with van der Waals surface area (Å²) in [5, 5.41) is 1.25. The van der Waals surface area contributed by atoms with Crippen molar-refractivity contribution in [1.82, 2.24) is 14.9 Å². The fourth-order valence-corrected chi connectivity index (χ4v) is 3.83. The molecule has 0 radical (unpaired) electrons. The summed E-state index contributed by atoms with van der Waals surface area (Å²) in [6, 6.07) is 14.8. The molecular formula is C21H22ClN3O2S. The predicted octanol–water partition coefficient (Wildman–Crippen LogP) is 4.50. The predicted molar refractivity (Wildman–Crippen MR) is 115 cm³/mol. The van der Waals surface area contributed by atoms with Gasteiger partial charge in [-0.25, -0.2) is 4.98 Å². The molecule has 0 saturated carbocycles. The lowest BCUT2D eigenvalue weighted by molar-refractivity contribution is -0.133. The van der Waals surface area contributed by atoms with Crippen LogP contribution in [-0.2, 0) is 11.3 Å². The van der Waals surface area contributed by atoms with Gasteiger partial charge in [-0.2, -0.15) is 0 Å². The number of amides is 1.